The van der Waals surface area contributed by atoms with Crippen molar-refractivity contribution in [3.8, 4) is 0 Å². The maximum Gasteiger partial charge on any atom is 0.0752 e. The van der Waals surface area contributed by atoms with Crippen LogP contribution < -0.4 is 5.32 Å². The molecule has 0 aliphatic rings. The molecule has 1 atom stereocenters. The molecule has 1 heterocycles. The van der Waals surface area contributed by atoms with E-state index < -0.39 is 0 Å². The van der Waals surface area contributed by atoms with E-state index in [1.165, 1.54) is 0 Å². The monoisotopic (exact) mass is 274 g/mol. The number of aromatic nitrogens is 1. The summed E-state index contributed by atoms with van der Waals surface area (Å²) in [5.41, 5.74) is 3.22. The van der Waals surface area contributed by atoms with Crippen molar-refractivity contribution in [1.29, 1.82) is 0 Å². The highest BCUT2D eigenvalue weighted by Gasteiger charge is 2.14. The summed E-state index contributed by atoms with van der Waals surface area (Å²) in [5, 5.41) is 4.29. The summed E-state index contributed by atoms with van der Waals surface area (Å²) in [6, 6.07) is 14.2. The summed E-state index contributed by atoms with van der Waals surface area (Å²) in [6.45, 7) is 5.12. The van der Waals surface area contributed by atoms with Gasteiger partial charge in [0.1, 0.15) is 0 Å². The Morgan fingerprint density at radius 2 is 2.00 bits per heavy atom. The Balaban J connectivity index is 2.35. The Kier molecular flexibility index (Phi) is 4.94. The number of halogens is 1. The predicted molar refractivity (Wildman–Crippen MR) is 80.6 cm³/mol. The zero-order valence-electron chi connectivity index (χ0n) is 11.4. The first-order valence-electron chi connectivity index (χ1n) is 6.63. The van der Waals surface area contributed by atoms with Gasteiger partial charge >= 0.3 is 0 Å². The third-order valence-corrected chi connectivity index (χ3v) is 3.22. The molecule has 0 saturated heterocycles. The molecule has 3 heteroatoms. The van der Waals surface area contributed by atoms with Crippen LogP contribution in [-0.4, -0.2) is 11.5 Å². The number of rotatable bonds is 5. The maximum absolute atomic E-state index is 6.09. The second kappa shape index (κ2) is 6.69. The van der Waals surface area contributed by atoms with Crippen LogP contribution in [0.15, 0.2) is 42.5 Å². The average molecular weight is 275 g/mol. The number of hydrogen-bond donors (Lipinski definition) is 1. The number of nitrogens with one attached hydrogen (secondary N) is 1. The standard InChI is InChI=1S/C16H19ClN2/c1-3-10-18-16(13-7-5-8-14(17)11-13)15-9-4-6-12(2)19-15/h4-9,11,16,18H,3,10H2,1-2H3. The molecule has 1 aromatic heterocycles. The highest BCUT2D eigenvalue weighted by molar-refractivity contribution is 6.30. The predicted octanol–water partition coefficient (Wildman–Crippen LogP) is 4.13. The van der Waals surface area contributed by atoms with Crippen molar-refractivity contribution in [2.45, 2.75) is 26.3 Å². The minimum atomic E-state index is 0.0959. The molecule has 1 N–H and O–H groups in total. The topological polar surface area (TPSA) is 24.9 Å². The molecule has 1 aromatic carbocycles. The van der Waals surface area contributed by atoms with E-state index in [1.807, 2.05) is 37.3 Å². The summed E-state index contributed by atoms with van der Waals surface area (Å²) < 4.78 is 0. The van der Waals surface area contributed by atoms with Gasteiger partial charge in [0, 0.05) is 10.7 Å². The lowest BCUT2D eigenvalue weighted by Crippen LogP contribution is -2.24. The third kappa shape index (κ3) is 3.79. The Morgan fingerprint density at radius 3 is 2.68 bits per heavy atom. The van der Waals surface area contributed by atoms with Gasteiger partial charge in [0.2, 0.25) is 0 Å². The molecule has 0 spiro atoms. The van der Waals surface area contributed by atoms with Gasteiger partial charge in [-0.15, -0.1) is 0 Å². The smallest absolute Gasteiger partial charge is 0.0752 e. The van der Waals surface area contributed by atoms with Gasteiger partial charge in [0.05, 0.1) is 11.7 Å². The normalized spacial score (nSPS) is 12.4. The van der Waals surface area contributed by atoms with Crippen LogP contribution in [0.5, 0.6) is 0 Å². The van der Waals surface area contributed by atoms with Gasteiger partial charge in [-0.2, -0.15) is 0 Å². The van der Waals surface area contributed by atoms with E-state index >= 15 is 0 Å². The molecule has 2 nitrogen and oxygen atoms in total. The van der Waals surface area contributed by atoms with Gasteiger partial charge in [-0.1, -0.05) is 36.7 Å². The van der Waals surface area contributed by atoms with Crippen LogP contribution in [0.1, 0.15) is 36.3 Å². The van der Waals surface area contributed by atoms with Gasteiger partial charge in [-0.05, 0) is 49.7 Å². The molecule has 1 unspecified atom stereocenters. The van der Waals surface area contributed by atoms with E-state index in [9.17, 15) is 0 Å². The zero-order valence-corrected chi connectivity index (χ0v) is 12.1. The fourth-order valence-corrected chi connectivity index (χ4v) is 2.29. The molecular weight excluding hydrogens is 256 g/mol. The van der Waals surface area contributed by atoms with Gasteiger partial charge in [-0.25, -0.2) is 0 Å². The fraction of sp³-hybridized carbons (Fsp3) is 0.312. The lowest BCUT2D eigenvalue weighted by Gasteiger charge is -2.19. The van der Waals surface area contributed by atoms with Crippen LogP contribution in [0.3, 0.4) is 0 Å². The minimum Gasteiger partial charge on any atom is -0.305 e. The molecule has 100 valence electrons. The molecule has 2 aromatic rings. The van der Waals surface area contributed by atoms with E-state index in [2.05, 4.69) is 29.4 Å². The summed E-state index contributed by atoms with van der Waals surface area (Å²) in [5.74, 6) is 0. The van der Waals surface area contributed by atoms with Crippen molar-refractivity contribution in [1.82, 2.24) is 10.3 Å². The van der Waals surface area contributed by atoms with Crippen molar-refractivity contribution >= 4 is 11.6 Å². The second-order valence-electron chi connectivity index (χ2n) is 4.65. The largest absolute Gasteiger partial charge is 0.305 e. The Labute approximate surface area is 119 Å². The molecule has 19 heavy (non-hydrogen) atoms. The van der Waals surface area contributed by atoms with Crippen molar-refractivity contribution in [2.75, 3.05) is 6.54 Å². The molecule has 0 amide bonds. The quantitative estimate of drug-likeness (QED) is 0.887. The molecular formula is C16H19ClN2. The number of benzene rings is 1. The van der Waals surface area contributed by atoms with E-state index in [0.717, 1.165) is 34.9 Å². The van der Waals surface area contributed by atoms with Crippen LogP contribution in [0.25, 0.3) is 0 Å². The summed E-state index contributed by atoms with van der Waals surface area (Å²) in [7, 11) is 0. The summed E-state index contributed by atoms with van der Waals surface area (Å²) in [6.07, 6.45) is 1.09. The van der Waals surface area contributed by atoms with Crippen LogP contribution in [0.2, 0.25) is 5.02 Å². The van der Waals surface area contributed by atoms with Crippen molar-refractivity contribution in [2.24, 2.45) is 0 Å². The van der Waals surface area contributed by atoms with Gasteiger partial charge in [0.25, 0.3) is 0 Å². The van der Waals surface area contributed by atoms with E-state index in [0.29, 0.717) is 0 Å². The lowest BCUT2D eigenvalue weighted by molar-refractivity contribution is 0.585. The van der Waals surface area contributed by atoms with Crippen molar-refractivity contribution in [3.05, 3.63) is 64.4 Å². The SMILES string of the molecule is CCCNC(c1cccc(Cl)c1)c1cccc(C)n1. The molecule has 0 aliphatic heterocycles. The Morgan fingerprint density at radius 1 is 1.21 bits per heavy atom. The Hall–Kier alpha value is -1.38. The third-order valence-electron chi connectivity index (χ3n) is 2.99. The zero-order chi connectivity index (χ0) is 13.7. The van der Waals surface area contributed by atoms with E-state index in [4.69, 9.17) is 11.6 Å². The minimum absolute atomic E-state index is 0.0959. The first-order valence-corrected chi connectivity index (χ1v) is 7.01. The fourth-order valence-electron chi connectivity index (χ4n) is 2.09. The average Bonchev–Trinajstić information content (AvgIpc) is 2.39. The van der Waals surface area contributed by atoms with Crippen LogP contribution in [0, 0.1) is 6.92 Å². The van der Waals surface area contributed by atoms with Gasteiger partial charge in [0.15, 0.2) is 0 Å². The highest BCUT2D eigenvalue weighted by Crippen LogP contribution is 2.23. The lowest BCUT2D eigenvalue weighted by atomic mass is 10.0. The molecule has 0 saturated carbocycles. The van der Waals surface area contributed by atoms with E-state index in [1.54, 1.807) is 0 Å². The molecule has 0 bridgehead atoms. The summed E-state index contributed by atoms with van der Waals surface area (Å²) in [4.78, 5) is 4.63. The van der Waals surface area contributed by atoms with E-state index in [-0.39, 0.29) is 6.04 Å². The first kappa shape index (κ1) is 14.0. The van der Waals surface area contributed by atoms with Crippen molar-refractivity contribution in [3.63, 3.8) is 0 Å². The van der Waals surface area contributed by atoms with Gasteiger partial charge in [-0.3, -0.25) is 4.98 Å². The molecule has 0 aliphatic carbocycles. The molecule has 0 radical (unpaired) electrons. The van der Waals surface area contributed by atoms with Crippen molar-refractivity contribution < 1.29 is 0 Å². The number of aryl methyl sites for hydroxylation is 1. The molecule has 0 fully saturated rings. The maximum atomic E-state index is 6.09. The molecule has 2 rings (SSSR count). The second-order valence-corrected chi connectivity index (χ2v) is 5.08. The highest BCUT2D eigenvalue weighted by atomic mass is 35.5. The van der Waals surface area contributed by atoms with Gasteiger partial charge < -0.3 is 5.32 Å². The number of pyridine rings is 1. The van der Waals surface area contributed by atoms with Crippen LogP contribution in [0.4, 0.5) is 0 Å². The number of nitrogens with zero attached hydrogens (tertiary/aromatic N) is 1. The van der Waals surface area contributed by atoms with Crippen LogP contribution in [-0.2, 0) is 0 Å². The number of hydrogen-bond acceptors (Lipinski definition) is 2. The Bertz CT molecular complexity index is 494. The first-order chi connectivity index (χ1) is 9.20. The summed E-state index contributed by atoms with van der Waals surface area (Å²) >= 11 is 6.09. The van der Waals surface area contributed by atoms with Crippen LogP contribution >= 0.6 is 11.6 Å².